The predicted molar refractivity (Wildman–Crippen MR) is 166 cm³/mol. The van der Waals surface area contributed by atoms with E-state index in [0.717, 1.165) is 91.7 Å². The molecule has 2 saturated carbocycles. The maximum absolute atomic E-state index is 14.0. The molecule has 3 aliphatic heterocycles. The summed E-state index contributed by atoms with van der Waals surface area (Å²) in [4.78, 5) is 27.9. The molecule has 2 bridgehead atoms. The van der Waals surface area contributed by atoms with Gasteiger partial charge in [-0.1, -0.05) is 38.3 Å². The normalized spacial score (nSPS) is 34.9. The number of ether oxygens (including phenoxy) is 2. The number of rotatable bonds is 8. The van der Waals surface area contributed by atoms with Crippen LogP contribution in [0.3, 0.4) is 0 Å². The van der Waals surface area contributed by atoms with Gasteiger partial charge in [0.2, 0.25) is 0 Å². The third-order valence-corrected chi connectivity index (χ3v) is 11.9. The lowest BCUT2D eigenvalue weighted by atomic mass is 9.44. The van der Waals surface area contributed by atoms with Gasteiger partial charge in [-0.2, -0.15) is 0 Å². The van der Waals surface area contributed by atoms with E-state index in [2.05, 4.69) is 42.7 Å². The van der Waals surface area contributed by atoms with Crippen molar-refractivity contribution >= 4 is 11.9 Å². The molecule has 3 heterocycles. The minimum Gasteiger partial charge on any atom is -0.427 e. The Morgan fingerprint density at radius 2 is 1.98 bits per heavy atom. The number of nitrogens with one attached hydrogen (secondary N) is 2. The molecular formula is C36H47N3O4. The summed E-state index contributed by atoms with van der Waals surface area (Å²) in [6, 6.07) is 0. The number of esters is 2. The summed E-state index contributed by atoms with van der Waals surface area (Å²) in [6.07, 6.45) is 19.7. The largest absolute Gasteiger partial charge is 0.427 e. The van der Waals surface area contributed by atoms with Crippen LogP contribution in [0, 0.1) is 34.5 Å². The van der Waals surface area contributed by atoms with Gasteiger partial charge in [-0.25, -0.2) is 9.59 Å². The van der Waals surface area contributed by atoms with Crippen LogP contribution in [0.2, 0.25) is 0 Å². The van der Waals surface area contributed by atoms with Crippen LogP contribution in [0.15, 0.2) is 69.5 Å². The fourth-order valence-corrected chi connectivity index (χ4v) is 9.88. The fraction of sp³-hybridized carbons (Fsp3) is 0.611. The van der Waals surface area contributed by atoms with Gasteiger partial charge in [0.25, 0.3) is 0 Å². The van der Waals surface area contributed by atoms with Crippen LogP contribution in [0.5, 0.6) is 0 Å². The van der Waals surface area contributed by atoms with Gasteiger partial charge in [-0.3, -0.25) is 0 Å². The molecule has 5 aliphatic carbocycles. The van der Waals surface area contributed by atoms with Crippen LogP contribution < -0.4 is 16.4 Å². The molecule has 0 aromatic heterocycles. The summed E-state index contributed by atoms with van der Waals surface area (Å²) in [5, 5.41) is 6.44. The molecular weight excluding hydrogens is 538 g/mol. The molecule has 7 heteroatoms. The minimum absolute atomic E-state index is 0.0896. The number of dihydropyridines is 1. The Hall–Kier alpha value is -3.06. The average Bonchev–Trinajstić information content (AvgIpc) is 3.67. The Balaban J connectivity index is 1.37. The second-order valence-corrected chi connectivity index (χ2v) is 14.2. The molecule has 0 unspecified atom stereocenters. The molecule has 4 N–H and O–H groups in total. The molecule has 3 fully saturated rings. The topological polar surface area (TPSA) is 103 Å². The molecule has 5 atom stereocenters. The van der Waals surface area contributed by atoms with Crippen LogP contribution in [-0.4, -0.2) is 32.1 Å². The summed E-state index contributed by atoms with van der Waals surface area (Å²) in [5.74, 6) is 2.66. The van der Waals surface area contributed by atoms with E-state index in [1.54, 1.807) is 0 Å². The second-order valence-electron chi connectivity index (χ2n) is 14.2. The highest BCUT2D eigenvalue weighted by atomic mass is 16.5. The zero-order valence-corrected chi connectivity index (χ0v) is 26.0. The van der Waals surface area contributed by atoms with Gasteiger partial charge in [-0.15, -0.1) is 0 Å². The predicted octanol–water partition coefficient (Wildman–Crippen LogP) is 5.83. The van der Waals surface area contributed by atoms with E-state index >= 15 is 0 Å². The number of carbonyl (C=O) groups is 2. The molecule has 0 amide bonds. The van der Waals surface area contributed by atoms with E-state index in [9.17, 15) is 9.59 Å². The lowest BCUT2D eigenvalue weighted by molar-refractivity contribution is -0.135. The van der Waals surface area contributed by atoms with Gasteiger partial charge < -0.3 is 25.8 Å². The van der Waals surface area contributed by atoms with Crippen LogP contribution in [0.4, 0.5) is 0 Å². The van der Waals surface area contributed by atoms with E-state index in [1.165, 1.54) is 18.4 Å². The lowest BCUT2D eigenvalue weighted by Crippen LogP contribution is -2.52. The molecule has 0 aromatic rings. The van der Waals surface area contributed by atoms with E-state index in [-0.39, 0.29) is 35.1 Å². The molecule has 0 aromatic carbocycles. The standard InChI is InChI=1S/C36H47N3O4/c1-4-35(13-5-6-14-35)19-27-25-9-8-24-23-11-15-36(31(24)30(25)33(40)42-27)28(10-7-21(2)20-38-3)43-34(41)32(36)26(23)17-22-12-16-39-29(37)18-22/h10,12,18-19,21,23-24,31,38-39H,4-9,11,13-17,20,37H2,1-3H3/b27-19-,28-10-/t21-,23-,24-,31+,36-/m0/s1. The Morgan fingerprint density at radius 3 is 2.72 bits per heavy atom. The van der Waals surface area contributed by atoms with E-state index in [4.69, 9.17) is 15.2 Å². The average molecular weight is 586 g/mol. The Morgan fingerprint density at radius 1 is 1.16 bits per heavy atom. The maximum Gasteiger partial charge on any atom is 0.340 e. The number of carbonyl (C=O) groups excluding carboxylic acids is 2. The zero-order chi connectivity index (χ0) is 29.9. The highest BCUT2D eigenvalue weighted by Crippen LogP contribution is 2.71. The molecule has 7 nitrogen and oxygen atoms in total. The summed E-state index contributed by atoms with van der Waals surface area (Å²) < 4.78 is 12.5. The molecule has 0 radical (unpaired) electrons. The highest BCUT2D eigenvalue weighted by molar-refractivity contribution is 6.00. The van der Waals surface area contributed by atoms with Crippen molar-refractivity contribution in [3.63, 3.8) is 0 Å². The smallest absolute Gasteiger partial charge is 0.340 e. The van der Waals surface area contributed by atoms with Crippen LogP contribution >= 0.6 is 0 Å². The lowest BCUT2D eigenvalue weighted by Gasteiger charge is -2.56. The van der Waals surface area contributed by atoms with Gasteiger partial charge in [0.05, 0.1) is 16.8 Å². The van der Waals surface area contributed by atoms with Crippen LogP contribution in [0.25, 0.3) is 0 Å². The Kier molecular flexibility index (Phi) is 7.23. The van der Waals surface area contributed by atoms with Crippen LogP contribution in [-0.2, 0) is 19.1 Å². The Bertz CT molecular complexity index is 1420. The summed E-state index contributed by atoms with van der Waals surface area (Å²) in [7, 11) is 1.97. The van der Waals surface area contributed by atoms with Crippen molar-refractivity contribution in [2.75, 3.05) is 20.1 Å². The fourth-order valence-electron chi connectivity index (χ4n) is 9.88. The molecule has 1 spiro atoms. The molecule has 230 valence electrons. The first-order valence-electron chi connectivity index (χ1n) is 16.7. The highest BCUT2D eigenvalue weighted by Gasteiger charge is 2.68. The van der Waals surface area contributed by atoms with Gasteiger partial charge in [0.1, 0.15) is 11.5 Å². The van der Waals surface area contributed by atoms with Crippen molar-refractivity contribution in [1.82, 2.24) is 10.6 Å². The van der Waals surface area contributed by atoms with Crippen molar-refractivity contribution in [3.05, 3.63) is 69.5 Å². The molecule has 43 heavy (non-hydrogen) atoms. The van der Waals surface area contributed by atoms with Crippen molar-refractivity contribution in [3.8, 4) is 0 Å². The van der Waals surface area contributed by atoms with E-state index < -0.39 is 5.41 Å². The van der Waals surface area contributed by atoms with Crippen LogP contribution in [0.1, 0.15) is 84.5 Å². The van der Waals surface area contributed by atoms with Gasteiger partial charge >= 0.3 is 11.9 Å². The number of hydrogen-bond acceptors (Lipinski definition) is 7. The minimum atomic E-state index is -0.612. The zero-order valence-electron chi connectivity index (χ0n) is 26.0. The summed E-state index contributed by atoms with van der Waals surface area (Å²) >= 11 is 0. The maximum atomic E-state index is 14.0. The SMILES string of the molecule is CCC1(/C=C2\OC(=O)C3=C2CC[C@H]2[C@@H]4CC[C@@]5(C(=C4CC4=CCNC(N)=C4)C(=O)O/C5=C\C[C@H](C)CNC)[C@@H]32)CCCC1. The third-order valence-electron chi connectivity index (χ3n) is 11.9. The number of cyclic esters (lactones) is 2. The first-order valence-corrected chi connectivity index (χ1v) is 16.7. The Labute approximate surface area is 255 Å². The van der Waals surface area contributed by atoms with Gasteiger partial charge in [0.15, 0.2) is 0 Å². The number of allylic oxidation sites excluding steroid dienone is 7. The molecule has 1 saturated heterocycles. The van der Waals surface area contributed by atoms with E-state index in [0.29, 0.717) is 24.7 Å². The van der Waals surface area contributed by atoms with Crippen molar-refractivity contribution in [2.24, 2.45) is 40.2 Å². The summed E-state index contributed by atoms with van der Waals surface area (Å²) in [6.45, 7) is 6.05. The molecule has 8 rings (SSSR count). The first kappa shape index (κ1) is 28.7. The van der Waals surface area contributed by atoms with Crippen molar-refractivity contribution < 1.29 is 19.1 Å². The first-order chi connectivity index (χ1) is 20.8. The number of fused-ring (bicyclic) bond motifs is 1. The number of hydrogen-bond donors (Lipinski definition) is 3. The van der Waals surface area contributed by atoms with E-state index in [1.807, 2.05) is 13.1 Å². The van der Waals surface area contributed by atoms with Crippen molar-refractivity contribution in [2.45, 2.75) is 84.5 Å². The van der Waals surface area contributed by atoms with Gasteiger partial charge in [-0.05, 0) is 118 Å². The third kappa shape index (κ3) is 4.48. The number of nitrogens with two attached hydrogens (primary N) is 1. The second kappa shape index (κ2) is 10.8. The van der Waals surface area contributed by atoms with Crippen molar-refractivity contribution in [1.29, 1.82) is 0 Å². The summed E-state index contributed by atoms with van der Waals surface area (Å²) in [5.41, 5.74) is 10.8. The monoisotopic (exact) mass is 585 g/mol. The van der Waals surface area contributed by atoms with Gasteiger partial charge in [0, 0.05) is 23.6 Å². The quantitative estimate of drug-likeness (QED) is 0.308. The molecule has 8 aliphatic rings.